The lowest BCUT2D eigenvalue weighted by molar-refractivity contribution is -0.139. The van der Waals surface area contributed by atoms with Gasteiger partial charge in [-0.2, -0.15) is 0 Å². The third kappa shape index (κ3) is 7.13. The third-order valence-electron chi connectivity index (χ3n) is 6.28. The molecule has 6 nitrogen and oxygen atoms in total. The highest BCUT2D eigenvalue weighted by atomic mass is 32.2. The lowest BCUT2D eigenvalue weighted by atomic mass is 9.91. The largest absolute Gasteiger partial charge is 0.377 e. The van der Waals surface area contributed by atoms with Gasteiger partial charge in [0.05, 0.1) is 5.75 Å². The van der Waals surface area contributed by atoms with Crippen LogP contribution in [-0.4, -0.2) is 45.1 Å². The second-order valence-corrected chi connectivity index (χ2v) is 10.8. The minimum Gasteiger partial charge on any atom is -0.377 e. The smallest absolute Gasteiger partial charge is 0.232 e. The van der Waals surface area contributed by atoms with Gasteiger partial charge in [-0.3, -0.25) is 9.52 Å². The van der Waals surface area contributed by atoms with Gasteiger partial charge in [0.25, 0.3) is 0 Å². The quantitative estimate of drug-likeness (QED) is 0.514. The molecule has 0 aromatic heterocycles. The number of sulfonamides is 1. The van der Waals surface area contributed by atoms with Crippen molar-refractivity contribution in [1.82, 2.24) is 4.90 Å². The first-order valence-electron chi connectivity index (χ1n) is 11.8. The van der Waals surface area contributed by atoms with E-state index in [9.17, 15) is 13.2 Å². The zero-order valence-corrected chi connectivity index (χ0v) is 20.8. The Labute approximate surface area is 189 Å². The molecular weight excluding hydrogens is 410 g/mol. The molecule has 31 heavy (non-hydrogen) atoms. The average Bonchev–Trinajstić information content (AvgIpc) is 2.73. The molecule has 1 fully saturated rings. The first-order valence-corrected chi connectivity index (χ1v) is 13.5. The molecule has 2 rings (SSSR count). The molecule has 0 saturated heterocycles. The van der Waals surface area contributed by atoms with Crippen LogP contribution in [0.4, 0.5) is 11.4 Å². The van der Waals surface area contributed by atoms with Crippen molar-refractivity contribution in [2.45, 2.75) is 84.7 Å². The summed E-state index contributed by atoms with van der Waals surface area (Å²) in [6.07, 6.45) is 7.91. The van der Waals surface area contributed by atoms with E-state index in [-0.39, 0.29) is 23.6 Å². The van der Waals surface area contributed by atoms with Gasteiger partial charge in [0.15, 0.2) is 0 Å². The number of amides is 1. The lowest BCUT2D eigenvalue weighted by Crippen LogP contribution is -2.44. The molecule has 0 aliphatic heterocycles. The number of carbonyl (C=O) groups is 1. The van der Waals surface area contributed by atoms with Crippen LogP contribution in [0.5, 0.6) is 0 Å². The van der Waals surface area contributed by atoms with Crippen LogP contribution in [0.3, 0.4) is 0 Å². The zero-order valence-electron chi connectivity index (χ0n) is 20.0. The second-order valence-electron chi connectivity index (χ2n) is 8.93. The zero-order chi connectivity index (χ0) is 23.0. The Hall–Kier alpha value is -1.76. The van der Waals surface area contributed by atoms with E-state index in [0.717, 1.165) is 49.8 Å². The molecule has 1 aliphatic carbocycles. The summed E-state index contributed by atoms with van der Waals surface area (Å²) in [4.78, 5) is 17.6. The molecule has 0 unspecified atom stereocenters. The molecule has 1 amide bonds. The Bertz CT molecular complexity index is 813. The summed E-state index contributed by atoms with van der Waals surface area (Å²) in [6.45, 7) is 6.53. The fourth-order valence-electron chi connectivity index (χ4n) is 4.55. The predicted octanol–water partition coefficient (Wildman–Crippen LogP) is 5.00. The molecule has 1 aromatic carbocycles. The van der Waals surface area contributed by atoms with Crippen molar-refractivity contribution >= 4 is 27.3 Å². The van der Waals surface area contributed by atoms with Gasteiger partial charge in [-0.25, -0.2) is 8.42 Å². The van der Waals surface area contributed by atoms with Gasteiger partial charge in [-0.1, -0.05) is 40.0 Å². The van der Waals surface area contributed by atoms with Crippen molar-refractivity contribution in [1.29, 1.82) is 0 Å². The standard InChI is InChI=1S/C24H41N3O3S/c1-6-16-31(29,30)25-21-14-15-23(26(4)5)20(17-21)18-27(22-12-10-9-11-13-22)24(28)19(7-2)8-3/h14-15,17,19,22,25H,6-13,16,18H2,1-5H3. The molecule has 0 heterocycles. The van der Waals surface area contributed by atoms with Gasteiger partial charge in [0.1, 0.15) is 0 Å². The van der Waals surface area contributed by atoms with Crippen molar-refractivity contribution in [2.75, 3.05) is 29.5 Å². The lowest BCUT2D eigenvalue weighted by Gasteiger charge is -2.37. The molecule has 176 valence electrons. The van der Waals surface area contributed by atoms with Gasteiger partial charge in [0, 0.05) is 44.0 Å². The van der Waals surface area contributed by atoms with Gasteiger partial charge < -0.3 is 9.80 Å². The average molecular weight is 452 g/mol. The number of nitrogens with zero attached hydrogens (tertiary/aromatic N) is 2. The maximum Gasteiger partial charge on any atom is 0.232 e. The molecule has 0 atom stereocenters. The van der Waals surface area contributed by atoms with Gasteiger partial charge >= 0.3 is 0 Å². The highest BCUT2D eigenvalue weighted by Gasteiger charge is 2.30. The monoisotopic (exact) mass is 451 g/mol. The molecule has 1 N–H and O–H groups in total. The van der Waals surface area contributed by atoms with E-state index in [2.05, 4.69) is 23.5 Å². The first kappa shape index (κ1) is 25.5. The molecule has 0 radical (unpaired) electrons. The summed E-state index contributed by atoms with van der Waals surface area (Å²) >= 11 is 0. The van der Waals surface area contributed by atoms with E-state index < -0.39 is 10.0 Å². The number of carbonyl (C=O) groups excluding carboxylic acids is 1. The van der Waals surface area contributed by atoms with Crippen molar-refractivity contribution in [3.63, 3.8) is 0 Å². The molecule has 1 aromatic rings. The van der Waals surface area contributed by atoms with Crippen LogP contribution in [0.2, 0.25) is 0 Å². The van der Waals surface area contributed by atoms with E-state index >= 15 is 0 Å². The van der Waals surface area contributed by atoms with Crippen LogP contribution in [0.25, 0.3) is 0 Å². The summed E-state index contributed by atoms with van der Waals surface area (Å²) in [5.41, 5.74) is 2.55. The maximum absolute atomic E-state index is 13.5. The van der Waals surface area contributed by atoms with E-state index in [1.165, 1.54) is 6.42 Å². The molecule has 0 bridgehead atoms. The molecular formula is C24H41N3O3S. The van der Waals surface area contributed by atoms with Gasteiger partial charge in [-0.15, -0.1) is 0 Å². The number of hydrogen-bond donors (Lipinski definition) is 1. The van der Waals surface area contributed by atoms with Crippen molar-refractivity contribution in [3.8, 4) is 0 Å². The molecule has 1 aliphatic rings. The van der Waals surface area contributed by atoms with Crippen LogP contribution in [0, 0.1) is 5.92 Å². The summed E-state index contributed by atoms with van der Waals surface area (Å²) < 4.78 is 27.3. The predicted molar refractivity (Wildman–Crippen MR) is 130 cm³/mol. The first-order chi connectivity index (χ1) is 14.7. The number of anilines is 2. The van der Waals surface area contributed by atoms with Gasteiger partial charge in [0.2, 0.25) is 15.9 Å². The van der Waals surface area contributed by atoms with Crippen molar-refractivity contribution in [2.24, 2.45) is 5.92 Å². The van der Waals surface area contributed by atoms with Crippen molar-refractivity contribution < 1.29 is 13.2 Å². The van der Waals surface area contributed by atoms with Gasteiger partial charge in [-0.05, 0) is 55.9 Å². The second kappa shape index (κ2) is 11.7. The van der Waals surface area contributed by atoms with E-state index in [1.807, 2.05) is 38.1 Å². The minimum absolute atomic E-state index is 0.0379. The number of rotatable bonds is 11. The molecule has 1 saturated carbocycles. The topological polar surface area (TPSA) is 69.7 Å². The Kier molecular flexibility index (Phi) is 9.66. The fraction of sp³-hybridized carbons (Fsp3) is 0.708. The summed E-state index contributed by atoms with van der Waals surface area (Å²) in [6, 6.07) is 5.91. The summed E-state index contributed by atoms with van der Waals surface area (Å²) in [5, 5.41) is 0. The molecule has 7 heteroatoms. The molecule has 0 spiro atoms. The van der Waals surface area contributed by atoms with Crippen LogP contribution < -0.4 is 9.62 Å². The maximum atomic E-state index is 13.5. The van der Waals surface area contributed by atoms with Crippen LogP contribution in [0.15, 0.2) is 18.2 Å². The Balaban J connectivity index is 2.40. The Morgan fingerprint density at radius 2 is 1.74 bits per heavy atom. The third-order valence-corrected chi connectivity index (χ3v) is 7.77. The Morgan fingerprint density at radius 1 is 1.10 bits per heavy atom. The van der Waals surface area contributed by atoms with Crippen molar-refractivity contribution in [3.05, 3.63) is 23.8 Å². The highest BCUT2D eigenvalue weighted by Crippen LogP contribution is 2.31. The van der Waals surface area contributed by atoms with E-state index in [4.69, 9.17) is 0 Å². The van der Waals surface area contributed by atoms with Crippen LogP contribution in [-0.2, 0) is 21.4 Å². The van der Waals surface area contributed by atoms with Crippen LogP contribution in [0.1, 0.15) is 77.7 Å². The number of nitrogens with one attached hydrogen (secondary N) is 1. The number of benzene rings is 1. The minimum atomic E-state index is -3.37. The van der Waals surface area contributed by atoms with E-state index in [0.29, 0.717) is 18.7 Å². The van der Waals surface area contributed by atoms with Crippen LogP contribution >= 0.6 is 0 Å². The SMILES string of the molecule is CCCS(=O)(=O)Nc1ccc(N(C)C)c(CN(C(=O)C(CC)CC)C2CCCCC2)c1. The highest BCUT2D eigenvalue weighted by molar-refractivity contribution is 7.92. The fourth-order valence-corrected chi connectivity index (χ4v) is 5.67. The number of hydrogen-bond acceptors (Lipinski definition) is 4. The summed E-state index contributed by atoms with van der Waals surface area (Å²) in [7, 11) is 0.594. The normalized spacial score (nSPS) is 15.2. The van der Waals surface area contributed by atoms with E-state index in [1.54, 1.807) is 6.07 Å². The Morgan fingerprint density at radius 3 is 2.29 bits per heavy atom. The summed E-state index contributed by atoms with van der Waals surface area (Å²) in [5.74, 6) is 0.369.